The number of rotatable bonds is 2. The van der Waals surface area contributed by atoms with Gasteiger partial charge in [-0.25, -0.2) is 4.98 Å². The number of hydrogen-bond acceptors (Lipinski definition) is 8. The van der Waals surface area contributed by atoms with Gasteiger partial charge in [0, 0.05) is 6.20 Å². The first-order valence-electron chi connectivity index (χ1n) is 4.70. The van der Waals surface area contributed by atoms with E-state index >= 15 is 0 Å². The molecule has 0 radical (unpaired) electrons. The van der Waals surface area contributed by atoms with E-state index in [1.54, 1.807) is 11.7 Å². The Morgan fingerprint density at radius 1 is 1.35 bits per heavy atom. The van der Waals surface area contributed by atoms with Crippen LogP contribution in [0.4, 0.5) is 5.13 Å². The van der Waals surface area contributed by atoms with E-state index in [4.69, 9.17) is 10.3 Å². The van der Waals surface area contributed by atoms with Crippen molar-refractivity contribution in [2.24, 2.45) is 0 Å². The topological polar surface area (TPSA) is 90.7 Å². The van der Waals surface area contributed by atoms with Crippen molar-refractivity contribution < 1.29 is 4.52 Å². The predicted molar refractivity (Wildman–Crippen MR) is 65.7 cm³/mol. The molecule has 0 bridgehead atoms. The fourth-order valence-electron chi connectivity index (χ4n) is 1.36. The highest BCUT2D eigenvalue weighted by molar-refractivity contribution is 7.18. The molecule has 3 heterocycles. The summed E-state index contributed by atoms with van der Waals surface area (Å²) in [7, 11) is 0. The van der Waals surface area contributed by atoms with Crippen LogP contribution in [0.3, 0.4) is 0 Å². The second-order valence-electron chi connectivity index (χ2n) is 3.26. The fourth-order valence-corrected chi connectivity index (χ4v) is 2.66. The van der Waals surface area contributed by atoms with Crippen LogP contribution < -0.4 is 5.73 Å². The molecule has 3 aromatic rings. The molecule has 2 N–H and O–H groups in total. The van der Waals surface area contributed by atoms with Crippen molar-refractivity contribution in [2.75, 3.05) is 5.73 Å². The van der Waals surface area contributed by atoms with Gasteiger partial charge in [-0.05, 0) is 6.92 Å². The average Bonchev–Trinajstić information content (AvgIpc) is 2.97. The molecule has 0 aromatic carbocycles. The largest absolute Gasteiger partial charge is 0.375 e. The molecule has 0 spiro atoms. The van der Waals surface area contributed by atoms with E-state index in [1.807, 2.05) is 6.92 Å². The predicted octanol–water partition coefficient (Wildman–Crippen LogP) is 2.21. The summed E-state index contributed by atoms with van der Waals surface area (Å²) in [6.07, 6.45) is 1.70. The molecule has 0 aliphatic rings. The van der Waals surface area contributed by atoms with Gasteiger partial charge in [-0.15, -0.1) is 11.3 Å². The fraction of sp³-hybridized carbons (Fsp3) is 0.111. The molecular formula is C9H7N5OS2. The van der Waals surface area contributed by atoms with Gasteiger partial charge in [0.15, 0.2) is 5.13 Å². The molecule has 0 saturated heterocycles. The van der Waals surface area contributed by atoms with Crippen molar-refractivity contribution in [2.45, 2.75) is 6.92 Å². The molecule has 86 valence electrons. The Bertz CT molecular complexity index is 642. The number of aryl methyl sites for hydroxylation is 1. The number of thiazole rings is 2. The van der Waals surface area contributed by atoms with E-state index in [2.05, 4.69) is 20.1 Å². The zero-order valence-corrected chi connectivity index (χ0v) is 10.4. The van der Waals surface area contributed by atoms with E-state index in [1.165, 1.54) is 22.7 Å². The molecule has 0 atom stereocenters. The van der Waals surface area contributed by atoms with Gasteiger partial charge in [0.1, 0.15) is 4.88 Å². The van der Waals surface area contributed by atoms with E-state index in [0.717, 1.165) is 15.4 Å². The van der Waals surface area contributed by atoms with Crippen molar-refractivity contribution in [3.63, 3.8) is 0 Å². The van der Waals surface area contributed by atoms with Crippen LogP contribution in [-0.4, -0.2) is 20.1 Å². The first-order chi connectivity index (χ1) is 8.24. The van der Waals surface area contributed by atoms with Crippen molar-refractivity contribution in [1.29, 1.82) is 0 Å². The molecule has 0 aliphatic heterocycles. The lowest BCUT2D eigenvalue weighted by atomic mass is 10.4. The number of nitrogen functional groups attached to an aromatic ring is 1. The molecule has 0 unspecified atom stereocenters. The Kier molecular flexibility index (Phi) is 2.37. The van der Waals surface area contributed by atoms with Gasteiger partial charge >= 0.3 is 0 Å². The Morgan fingerprint density at radius 3 is 2.88 bits per heavy atom. The van der Waals surface area contributed by atoms with Gasteiger partial charge in [0.05, 0.1) is 16.1 Å². The van der Waals surface area contributed by atoms with Gasteiger partial charge < -0.3 is 10.3 Å². The first-order valence-corrected chi connectivity index (χ1v) is 6.39. The summed E-state index contributed by atoms with van der Waals surface area (Å²) in [5.74, 6) is 0.981. The average molecular weight is 265 g/mol. The summed E-state index contributed by atoms with van der Waals surface area (Å²) in [5, 5.41) is 4.40. The Balaban J connectivity index is 2.03. The van der Waals surface area contributed by atoms with Crippen LogP contribution in [0.15, 0.2) is 16.2 Å². The number of aromatic nitrogens is 4. The van der Waals surface area contributed by atoms with Crippen LogP contribution >= 0.6 is 22.7 Å². The molecule has 6 nitrogen and oxygen atoms in total. The zero-order valence-electron chi connectivity index (χ0n) is 8.75. The third-order valence-electron chi connectivity index (χ3n) is 2.09. The summed E-state index contributed by atoms with van der Waals surface area (Å²) in [6, 6.07) is 0. The van der Waals surface area contributed by atoms with Crippen LogP contribution in [0, 0.1) is 6.92 Å². The van der Waals surface area contributed by atoms with Crippen LogP contribution in [0.5, 0.6) is 0 Å². The number of nitrogens with two attached hydrogens (primary N) is 1. The second-order valence-corrected chi connectivity index (χ2v) is 5.17. The standard InChI is InChI=1S/C9H7N5OS2/c1-4-6(17-9(10)12-4)8-13-7(14-15-8)5-2-11-3-16-5/h2-3H,1H3,(H2,10,12). The maximum atomic E-state index is 5.63. The highest BCUT2D eigenvalue weighted by atomic mass is 32.1. The molecule has 17 heavy (non-hydrogen) atoms. The Hall–Kier alpha value is -1.80. The monoisotopic (exact) mass is 265 g/mol. The highest BCUT2D eigenvalue weighted by Gasteiger charge is 2.16. The Morgan fingerprint density at radius 2 is 2.24 bits per heavy atom. The van der Waals surface area contributed by atoms with Crippen molar-refractivity contribution >= 4 is 27.8 Å². The van der Waals surface area contributed by atoms with Gasteiger partial charge in [-0.2, -0.15) is 4.98 Å². The van der Waals surface area contributed by atoms with E-state index in [0.29, 0.717) is 16.8 Å². The third-order valence-corrected chi connectivity index (χ3v) is 3.83. The smallest absolute Gasteiger partial charge is 0.270 e. The molecule has 0 fully saturated rings. The Labute approximate surface area is 104 Å². The lowest BCUT2D eigenvalue weighted by Gasteiger charge is -1.86. The SMILES string of the molecule is Cc1nc(N)sc1-c1nc(-c2cncs2)no1. The maximum Gasteiger partial charge on any atom is 0.270 e. The second kappa shape index (κ2) is 3.90. The van der Waals surface area contributed by atoms with Gasteiger partial charge in [-0.3, -0.25) is 4.98 Å². The molecule has 3 rings (SSSR count). The minimum Gasteiger partial charge on any atom is -0.375 e. The summed E-state index contributed by atoms with van der Waals surface area (Å²) < 4.78 is 5.20. The lowest BCUT2D eigenvalue weighted by Crippen LogP contribution is -1.81. The minimum absolute atomic E-state index is 0.445. The molecule has 0 saturated carbocycles. The molecule has 0 aliphatic carbocycles. The van der Waals surface area contributed by atoms with Crippen molar-refractivity contribution in [3.05, 3.63) is 17.4 Å². The summed E-state index contributed by atoms with van der Waals surface area (Å²) >= 11 is 2.80. The molecule has 8 heteroatoms. The molecule has 3 aromatic heterocycles. The number of anilines is 1. The van der Waals surface area contributed by atoms with Crippen molar-refractivity contribution in [3.8, 4) is 21.5 Å². The maximum absolute atomic E-state index is 5.63. The van der Waals surface area contributed by atoms with Gasteiger partial charge in [-0.1, -0.05) is 16.5 Å². The molecule has 0 amide bonds. The zero-order chi connectivity index (χ0) is 11.8. The lowest BCUT2D eigenvalue weighted by molar-refractivity contribution is 0.433. The van der Waals surface area contributed by atoms with Crippen LogP contribution in [0.1, 0.15) is 5.69 Å². The number of hydrogen-bond donors (Lipinski definition) is 1. The normalized spacial score (nSPS) is 10.9. The van der Waals surface area contributed by atoms with Crippen LogP contribution in [0.25, 0.3) is 21.5 Å². The van der Waals surface area contributed by atoms with Gasteiger partial charge in [0.25, 0.3) is 5.89 Å². The summed E-state index contributed by atoms with van der Waals surface area (Å²) in [6.45, 7) is 1.86. The van der Waals surface area contributed by atoms with E-state index < -0.39 is 0 Å². The highest BCUT2D eigenvalue weighted by Crippen LogP contribution is 2.31. The van der Waals surface area contributed by atoms with Crippen LogP contribution in [0.2, 0.25) is 0 Å². The molecular weight excluding hydrogens is 258 g/mol. The first kappa shape index (κ1) is 10.4. The van der Waals surface area contributed by atoms with E-state index in [9.17, 15) is 0 Å². The quantitative estimate of drug-likeness (QED) is 0.763. The number of nitrogens with zero attached hydrogens (tertiary/aromatic N) is 4. The van der Waals surface area contributed by atoms with Gasteiger partial charge in [0.2, 0.25) is 5.82 Å². The summed E-state index contributed by atoms with van der Waals surface area (Å²) in [4.78, 5) is 14.1. The van der Waals surface area contributed by atoms with Crippen molar-refractivity contribution in [1.82, 2.24) is 20.1 Å². The van der Waals surface area contributed by atoms with E-state index in [-0.39, 0.29) is 0 Å². The third kappa shape index (κ3) is 1.81. The summed E-state index contributed by atoms with van der Waals surface area (Å²) in [5.41, 5.74) is 8.15. The minimum atomic E-state index is 0.445. The van der Waals surface area contributed by atoms with Crippen LogP contribution in [-0.2, 0) is 0 Å².